The minimum atomic E-state index is -5.27. The van der Waals surface area contributed by atoms with E-state index in [2.05, 4.69) is 53.6 Å². The predicted molar refractivity (Wildman–Crippen MR) is 237 cm³/mol. The summed E-state index contributed by atoms with van der Waals surface area (Å²) >= 11 is 0.130. The number of nitrogens with two attached hydrogens (primary N) is 2. The van der Waals surface area contributed by atoms with Gasteiger partial charge in [0.25, 0.3) is 20.2 Å². The summed E-state index contributed by atoms with van der Waals surface area (Å²) in [6, 6.07) is 9.73. The van der Waals surface area contributed by atoms with Crippen molar-refractivity contribution in [2.75, 3.05) is 48.5 Å². The molecule has 0 unspecified atom stereocenters. The number of hydrogen-bond donors (Lipinski definition) is 7. The van der Waals surface area contributed by atoms with E-state index in [4.69, 9.17) is 34.9 Å². The number of nitrogens with zero attached hydrogens (tertiary/aromatic N) is 6. The second kappa shape index (κ2) is 24.6. The van der Waals surface area contributed by atoms with Crippen molar-refractivity contribution in [1.29, 1.82) is 0 Å². The van der Waals surface area contributed by atoms with Crippen molar-refractivity contribution in [3.63, 3.8) is 0 Å². The minimum absolute atomic E-state index is 0.0650. The Hall–Kier alpha value is -4.80. The standard InChI is InChI=1S/C30H32N8O24S8/c31-28-24(36-34-22-7-5-20(15-26(22)68(47,48)49)66(43,44)12-9-56-63-61-59-39)17-25(29(32)30(28)38-33-18-1-3-19(4-2-18)65(41,42)14-11-58-70(53,54)55)37-35-23-8-6-21(16-27(23)69(50,51)52)67(45,46)13-10-57-64-62-60-40/h1-8,15-17,39-40H,9-14,31-32H2,(H,47,48,49)(H,50,51,52)(H,53,54,55)/b36-34+,37-35+,38-33+. The fraction of sp³-hybridized carbons (Fsp3) is 0.200. The van der Waals surface area contributed by atoms with E-state index < -0.39 is 157 Å². The van der Waals surface area contributed by atoms with E-state index in [0.29, 0.717) is 12.1 Å². The van der Waals surface area contributed by atoms with E-state index in [0.717, 1.165) is 54.6 Å². The van der Waals surface area contributed by atoms with Crippen LogP contribution in [0.1, 0.15) is 0 Å². The first kappa shape index (κ1) is 57.8. The molecule has 0 saturated heterocycles. The second-order valence-corrected chi connectivity index (χ2v) is 23.9. The number of sulfone groups is 3. The van der Waals surface area contributed by atoms with Crippen LogP contribution in [0, 0.1) is 0 Å². The Bertz CT molecular complexity index is 3170. The van der Waals surface area contributed by atoms with Gasteiger partial charge in [0, 0.05) is 0 Å². The summed E-state index contributed by atoms with van der Waals surface area (Å²) in [4.78, 5) is -3.82. The second-order valence-electron chi connectivity index (χ2n) is 12.7. The Labute approximate surface area is 404 Å². The summed E-state index contributed by atoms with van der Waals surface area (Å²) in [7, 11) is -28.3. The van der Waals surface area contributed by atoms with E-state index in [1.54, 1.807) is 0 Å². The first-order valence-electron chi connectivity index (χ1n) is 17.7. The van der Waals surface area contributed by atoms with Gasteiger partial charge >= 0.3 is 10.4 Å². The van der Waals surface area contributed by atoms with Crippen molar-refractivity contribution in [1.82, 2.24) is 0 Å². The summed E-state index contributed by atoms with van der Waals surface area (Å²) in [6.07, 6.45) is 0. The van der Waals surface area contributed by atoms with Gasteiger partial charge in [0.05, 0.1) is 68.8 Å². The molecule has 0 heterocycles. The lowest BCUT2D eigenvalue weighted by molar-refractivity contribution is -0.434. The van der Waals surface area contributed by atoms with Crippen LogP contribution in [0.2, 0.25) is 0 Å². The van der Waals surface area contributed by atoms with Crippen LogP contribution in [-0.2, 0) is 91.4 Å². The van der Waals surface area contributed by atoms with Gasteiger partial charge in [-0.1, -0.05) is 10.1 Å². The molecule has 0 aliphatic heterocycles. The molecule has 0 fully saturated rings. The Balaban J connectivity index is 1.83. The van der Waals surface area contributed by atoms with Gasteiger partial charge in [-0.25, -0.2) is 40.0 Å². The normalized spacial score (nSPS) is 13.3. The molecule has 70 heavy (non-hydrogen) atoms. The highest BCUT2D eigenvalue weighted by molar-refractivity contribution is 7.92. The van der Waals surface area contributed by atoms with E-state index >= 15 is 0 Å². The molecule has 0 atom stereocenters. The molecule has 4 aromatic carbocycles. The van der Waals surface area contributed by atoms with Gasteiger partial charge in [-0.05, 0) is 66.7 Å². The van der Waals surface area contributed by atoms with E-state index in [9.17, 15) is 59.6 Å². The number of rotatable bonds is 27. The van der Waals surface area contributed by atoms with Crippen LogP contribution >= 0.6 is 24.6 Å². The number of nitrogen functional groups attached to an aromatic ring is 2. The molecule has 0 aromatic heterocycles. The average molecular weight is 1150 g/mol. The molecule has 4 rings (SSSR count). The highest BCUT2D eigenvalue weighted by atomic mass is 32.3. The largest absolute Gasteiger partial charge is 0.397 e. The maximum Gasteiger partial charge on any atom is 0.397 e. The minimum Gasteiger partial charge on any atom is -0.395 e. The molecule has 384 valence electrons. The van der Waals surface area contributed by atoms with E-state index in [1.165, 1.54) is 0 Å². The van der Waals surface area contributed by atoms with Crippen molar-refractivity contribution in [2.24, 2.45) is 30.7 Å². The number of benzene rings is 4. The lowest BCUT2D eigenvalue weighted by atomic mass is 10.2. The molecule has 32 nitrogen and oxygen atoms in total. The molecular formula is C30H32N8O24S8. The van der Waals surface area contributed by atoms with Gasteiger partial charge < -0.3 is 11.5 Å². The summed E-state index contributed by atoms with van der Waals surface area (Å²) in [5, 5.41) is 46.1. The molecule has 0 spiro atoms. The van der Waals surface area contributed by atoms with E-state index in [-0.39, 0.29) is 35.2 Å². The number of hydrogen-bond acceptors (Lipinski definition) is 31. The molecule has 0 bridgehead atoms. The van der Waals surface area contributed by atoms with Gasteiger partial charge in [-0.2, -0.15) is 30.4 Å². The lowest BCUT2D eigenvalue weighted by Crippen LogP contribution is -2.15. The number of azo groups is 3. The van der Waals surface area contributed by atoms with Crippen molar-refractivity contribution >= 4 is 130 Å². The lowest BCUT2D eigenvalue weighted by Gasteiger charge is -2.10. The monoisotopic (exact) mass is 1140 g/mol. The summed E-state index contributed by atoms with van der Waals surface area (Å²) < 4.78 is 198. The van der Waals surface area contributed by atoms with Crippen LogP contribution < -0.4 is 11.5 Å². The molecule has 0 aliphatic carbocycles. The Kier molecular flexibility index (Phi) is 20.3. The van der Waals surface area contributed by atoms with Crippen LogP contribution in [0.5, 0.6) is 0 Å². The van der Waals surface area contributed by atoms with Crippen LogP contribution in [0.3, 0.4) is 0 Å². The van der Waals surface area contributed by atoms with Gasteiger partial charge in [0.15, 0.2) is 54.2 Å². The van der Waals surface area contributed by atoms with Crippen molar-refractivity contribution < 1.29 is 106 Å². The molecule has 0 saturated carbocycles. The third-order valence-electron chi connectivity index (χ3n) is 8.13. The average Bonchev–Trinajstić information content (AvgIpc) is 3.27. The summed E-state index contributed by atoms with van der Waals surface area (Å²) in [5.74, 6) is -2.43. The van der Waals surface area contributed by atoms with Gasteiger partial charge in [-0.15, -0.1) is 34.2 Å². The van der Waals surface area contributed by atoms with Gasteiger partial charge in [-0.3, -0.25) is 22.0 Å². The third kappa shape index (κ3) is 16.9. The first-order chi connectivity index (χ1) is 32.6. The molecule has 0 aliphatic rings. The van der Waals surface area contributed by atoms with Crippen LogP contribution in [-0.4, -0.2) is 112 Å². The maximum atomic E-state index is 12.9. The molecule has 40 heteroatoms. The van der Waals surface area contributed by atoms with Crippen molar-refractivity contribution in [2.45, 2.75) is 24.5 Å². The highest BCUT2D eigenvalue weighted by Gasteiger charge is 2.25. The quantitative estimate of drug-likeness (QED) is 0.00806. The van der Waals surface area contributed by atoms with E-state index in [1.807, 2.05) is 0 Å². The Morgan fingerprint density at radius 2 is 0.857 bits per heavy atom. The molecule has 0 radical (unpaired) electrons. The maximum absolute atomic E-state index is 12.9. The topological polar surface area (TPSA) is 497 Å². The third-order valence-corrected chi connectivity index (χ3v) is 16.2. The summed E-state index contributed by atoms with van der Waals surface area (Å²) in [6.45, 7) is -2.06. The zero-order valence-corrected chi connectivity index (χ0v) is 40.7. The van der Waals surface area contributed by atoms with Crippen molar-refractivity contribution in [3.8, 4) is 0 Å². The SMILES string of the molecule is Nc1c(/N=N/c2ccc(S(=O)(=O)CCOSOOO)cc2S(=O)(=O)O)cc(/N=N/c2ccc(S(=O)(=O)CCOSOOO)cc2S(=O)(=O)O)c(N)c1/N=N/c1ccc(S(=O)(=O)CCOS(=O)(=O)O)cc1. The van der Waals surface area contributed by atoms with Crippen LogP contribution in [0.25, 0.3) is 0 Å². The van der Waals surface area contributed by atoms with Crippen LogP contribution in [0.4, 0.5) is 45.5 Å². The zero-order chi connectivity index (χ0) is 52.1. The Morgan fingerprint density at radius 3 is 1.26 bits per heavy atom. The fourth-order valence-electron chi connectivity index (χ4n) is 4.97. The smallest absolute Gasteiger partial charge is 0.395 e. The summed E-state index contributed by atoms with van der Waals surface area (Å²) in [5.41, 5.74) is 8.66. The van der Waals surface area contributed by atoms with Gasteiger partial charge in [0.2, 0.25) is 0 Å². The molecular weight excluding hydrogens is 1110 g/mol. The number of anilines is 2. The Morgan fingerprint density at radius 1 is 0.471 bits per heavy atom. The molecule has 4 aromatic rings. The van der Waals surface area contributed by atoms with Crippen LogP contribution in [0.15, 0.2) is 122 Å². The predicted octanol–water partition coefficient (Wildman–Crippen LogP) is 4.73. The molecule has 0 amide bonds. The fourth-order valence-corrected chi connectivity index (χ4v) is 10.8. The van der Waals surface area contributed by atoms with Gasteiger partial charge in [0.1, 0.15) is 38.2 Å². The molecule has 9 N–H and O–H groups in total. The van der Waals surface area contributed by atoms with Crippen molar-refractivity contribution in [3.05, 3.63) is 66.7 Å². The highest BCUT2D eigenvalue weighted by Crippen LogP contribution is 2.46. The zero-order valence-electron chi connectivity index (χ0n) is 34.2. The first-order valence-corrected chi connectivity index (χ1v) is 28.3.